The maximum atomic E-state index is 12.3. The van der Waals surface area contributed by atoms with E-state index >= 15 is 0 Å². The van der Waals surface area contributed by atoms with Crippen LogP contribution in [0.4, 0.5) is 0 Å². The molecule has 130 valence electrons. The van der Waals surface area contributed by atoms with Gasteiger partial charge in [-0.15, -0.1) is 0 Å². The summed E-state index contributed by atoms with van der Waals surface area (Å²) in [5.74, 6) is 0.775. The number of hydrogen-bond acceptors (Lipinski definition) is 4. The number of aromatic nitrogens is 1. The Balaban J connectivity index is 1.24. The van der Waals surface area contributed by atoms with E-state index in [0.717, 1.165) is 38.3 Å². The monoisotopic (exact) mass is 338 g/mol. The van der Waals surface area contributed by atoms with Gasteiger partial charge in [-0.25, -0.2) is 0 Å². The van der Waals surface area contributed by atoms with Crippen molar-refractivity contribution in [2.75, 3.05) is 26.3 Å². The summed E-state index contributed by atoms with van der Waals surface area (Å²) >= 11 is 0. The number of carbonyl (C=O) groups excluding carboxylic acids is 1. The van der Waals surface area contributed by atoms with E-state index in [0.29, 0.717) is 0 Å². The molecular formula is C20H22N2O3. The van der Waals surface area contributed by atoms with Crippen LogP contribution < -0.4 is 4.74 Å². The average Bonchev–Trinajstić information content (AvgIpc) is 3.04. The predicted octanol–water partition coefficient (Wildman–Crippen LogP) is 2.32. The van der Waals surface area contributed by atoms with Crippen molar-refractivity contribution in [3.8, 4) is 5.75 Å². The Morgan fingerprint density at radius 2 is 2.08 bits per heavy atom. The van der Waals surface area contributed by atoms with Crippen molar-refractivity contribution in [3.05, 3.63) is 60.4 Å². The number of carbonyl (C=O) groups is 1. The van der Waals surface area contributed by atoms with Crippen molar-refractivity contribution in [2.24, 2.45) is 5.41 Å². The molecule has 5 heteroatoms. The van der Waals surface area contributed by atoms with Crippen molar-refractivity contribution >= 4 is 5.91 Å². The van der Waals surface area contributed by atoms with E-state index in [1.807, 2.05) is 47.5 Å². The number of amides is 1. The lowest BCUT2D eigenvalue weighted by atomic mass is 9.77. The van der Waals surface area contributed by atoms with Crippen LogP contribution in [0.3, 0.4) is 0 Å². The third-order valence-corrected chi connectivity index (χ3v) is 4.98. The summed E-state index contributed by atoms with van der Waals surface area (Å²) < 4.78 is 11.5. The molecule has 0 aliphatic carbocycles. The van der Waals surface area contributed by atoms with Crippen LogP contribution >= 0.6 is 0 Å². The molecule has 3 heterocycles. The number of nitrogens with zero attached hydrogens (tertiary/aromatic N) is 2. The molecule has 0 bridgehead atoms. The van der Waals surface area contributed by atoms with Crippen LogP contribution in [0.15, 0.2) is 54.9 Å². The topological polar surface area (TPSA) is 51.7 Å². The molecule has 1 aromatic heterocycles. The minimum atomic E-state index is 0.0465. The van der Waals surface area contributed by atoms with E-state index in [4.69, 9.17) is 9.47 Å². The van der Waals surface area contributed by atoms with Crippen LogP contribution in [0.2, 0.25) is 0 Å². The SMILES string of the molecule is O=C(COc1ccccc1)N1CC2(COC(Cc3cccnc3)C2)C1. The molecule has 1 unspecified atom stereocenters. The first-order valence-electron chi connectivity index (χ1n) is 8.69. The Hall–Kier alpha value is -2.40. The van der Waals surface area contributed by atoms with Gasteiger partial charge in [0.2, 0.25) is 0 Å². The van der Waals surface area contributed by atoms with Crippen LogP contribution in [0.25, 0.3) is 0 Å². The molecule has 1 spiro atoms. The van der Waals surface area contributed by atoms with Crippen molar-refractivity contribution in [2.45, 2.75) is 18.9 Å². The normalized spacial score (nSPS) is 21.1. The van der Waals surface area contributed by atoms with E-state index in [1.54, 1.807) is 6.20 Å². The summed E-state index contributed by atoms with van der Waals surface area (Å²) in [4.78, 5) is 18.3. The Kier molecular flexibility index (Phi) is 4.40. The van der Waals surface area contributed by atoms with E-state index in [2.05, 4.69) is 11.1 Å². The van der Waals surface area contributed by atoms with Gasteiger partial charge in [-0.2, -0.15) is 0 Å². The van der Waals surface area contributed by atoms with Crippen LogP contribution in [-0.4, -0.2) is 48.2 Å². The number of benzene rings is 1. The first-order valence-corrected chi connectivity index (χ1v) is 8.69. The molecule has 2 saturated heterocycles. The Bertz CT molecular complexity index is 714. The highest BCUT2D eigenvalue weighted by molar-refractivity contribution is 5.78. The molecule has 1 amide bonds. The van der Waals surface area contributed by atoms with E-state index < -0.39 is 0 Å². The van der Waals surface area contributed by atoms with Gasteiger partial charge in [0.1, 0.15) is 5.75 Å². The maximum absolute atomic E-state index is 12.3. The summed E-state index contributed by atoms with van der Waals surface area (Å²) in [6, 6.07) is 13.5. The highest BCUT2D eigenvalue weighted by Crippen LogP contribution is 2.41. The Labute approximate surface area is 147 Å². The fourth-order valence-electron chi connectivity index (χ4n) is 3.72. The summed E-state index contributed by atoms with van der Waals surface area (Å²) in [6.45, 7) is 2.38. The summed E-state index contributed by atoms with van der Waals surface area (Å²) in [5.41, 5.74) is 1.34. The minimum absolute atomic E-state index is 0.0465. The second kappa shape index (κ2) is 6.84. The zero-order valence-electron chi connectivity index (χ0n) is 14.1. The quantitative estimate of drug-likeness (QED) is 0.840. The molecular weight excluding hydrogens is 316 g/mol. The van der Waals surface area contributed by atoms with Gasteiger partial charge in [0, 0.05) is 37.3 Å². The van der Waals surface area contributed by atoms with E-state index in [-0.39, 0.29) is 24.0 Å². The zero-order valence-corrected chi connectivity index (χ0v) is 14.1. The molecule has 5 nitrogen and oxygen atoms in total. The smallest absolute Gasteiger partial charge is 0.260 e. The fraction of sp³-hybridized carbons (Fsp3) is 0.400. The van der Waals surface area contributed by atoms with Crippen molar-refractivity contribution < 1.29 is 14.3 Å². The average molecular weight is 338 g/mol. The summed E-state index contributed by atoms with van der Waals surface area (Å²) in [5, 5.41) is 0. The third kappa shape index (κ3) is 3.66. The van der Waals surface area contributed by atoms with Gasteiger partial charge < -0.3 is 14.4 Å². The van der Waals surface area contributed by atoms with Crippen LogP contribution in [0, 0.1) is 5.41 Å². The highest BCUT2D eigenvalue weighted by atomic mass is 16.5. The molecule has 2 aliphatic heterocycles. The number of pyridine rings is 1. The van der Waals surface area contributed by atoms with Gasteiger partial charge in [-0.3, -0.25) is 9.78 Å². The molecule has 25 heavy (non-hydrogen) atoms. The van der Waals surface area contributed by atoms with Gasteiger partial charge in [0.15, 0.2) is 6.61 Å². The van der Waals surface area contributed by atoms with E-state index in [9.17, 15) is 4.79 Å². The number of ether oxygens (including phenoxy) is 2. The molecule has 1 atom stereocenters. The maximum Gasteiger partial charge on any atom is 0.260 e. The van der Waals surface area contributed by atoms with Crippen molar-refractivity contribution in [1.82, 2.24) is 9.88 Å². The standard InChI is InChI=1S/C20H22N2O3/c23-19(12-24-17-6-2-1-3-7-17)22-13-20(14-22)10-18(25-15-20)9-16-5-4-8-21-11-16/h1-8,11,18H,9-10,12-15H2. The largest absolute Gasteiger partial charge is 0.484 e. The van der Waals surface area contributed by atoms with Crippen molar-refractivity contribution in [3.63, 3.8) is 0 Å². The van der Waals surface area contributed by atoms with Crippen LogP contribution in [0.1, 0.15) is 12.0 Å². The molecule has 2 aromatic rings. The predicted molar refractivity (Wildman–Crippen MR) is 93.2 cm³/mol. The van der Waals surface area contributed by atoms with Gasteiger partial charge in [-0.05, 0) is 30.2 Å². The molecule has 2 fully saturated rings. The molecule has 0 saturated carbocycles. The van der Waals surface area contributed by atoms with Crippen molar-refractivity contribution in [1.29, 1.82) is 0 Å². The number of rotatable bonds is 5. The lowest BCUT2D eigenvalue weighted by molar-refractivity contribution is -0.145. The molecule has 4 rings (SSSR count). The van der Waals surface area contributed by atoms with Crippen LogP contribution in [0.5, 0.6) is 5.75 Å². The van der Waals surface area contributed by atoms with Gasteiger partial charge in [-0.1, -0.05) is 24.3 Å². The van der Waals surface area contributed by atoms with Gasteiger partial charge >= 0.3 is 0 Å². The fourth-order valence-corrected chi connectivity index (χ4v) is 3.72. The van der Waals surface area contributed by atoms with E-state index in [1.165, 1.54) is 5.56 Å². The molecule has 1 aromatic carbocycles. The Morgan fingerprint density at radius 3 is 2.84 bits per heavy atom. The third-order valence-electron chi connectivity index (χ3n) is 4.98. The summed E-state index contributed by atoms with van der Waals surface area (Å²) in [7, 11) is 0. The minimum Gasteiger partial charge on any atom is -0.484 e. The molecule has 0 radical (unpaired) electrons. The second-order valence-corrected chi connectivity index (χ2v) is 7.05. The van der Waals surface area contributed by atoms with Gasteiger partial charge in [0.05, 0.1) is 12.7 Å². The second-order valence-electron chi connectivity index (χ2n) is 7.05. The molecule has 0 N–H and O–H groups in total. The molecule has 2 aliphatic rings. The lowest BCUT2D eigenvalue weighted by Crippen LogP contribution is -2.59. The number of likely N-dealkylation sites (tertiary alicyclic amines) is 1. The first-order chi connectivity index (χ1) is 12.2. The number of hydrogen-bond donors (Lipinski definition) is 0. The van der Waals surface area contributed by atoms with Gasteiger partial charge in [0.25, 0.3) is 5.91 Å². The first kappa shape index (κ1) is 16.1. The highest BCUT2D eigenvalue weighted by Gasteiger charge is 2.50. The summed E-state index contributed by atoms with van der Waals surface area (Å²) in [6.07, 6.45) is 5.80. The Morgan fingerprint density at radius 1 is 1.24 bits per heavy atom. The van der Waals surface area contributed by atoms with Crippen LogP contribution in [-0.2, 0) is 16.0 Å². The number of para-hydroxylation sites is 1. The lowest BCUT2D eigenvalue weighted by Gasteiger charge is -2.47. The zero-order chi connectivity index (χ0) is 17.1.